The number of nitrogens with zero attached hydrogens (tertiary/aromatic N) is 1. The van der Waals surface area contributed by atoms with E-state index < -0.39 is 0 Å². The van der Waals surface area contributed by atoms with Crippen LogP contribution in [-0.4, -0.2) is 34.9 Å². The van der Waals surface area contributed by atoms with Crippen LogP contribution in [0.5, 0.6) is 11.5 Å². The lowest BCUT2D eigenvalue weighted by molar-refractivity contribution is 0.0990. The molecular weight excluding hydrogens is 408 g/mol. The van der Waals surface area contributed by atoms with Gasteiger partial charge in [0.2, 0.25) is 6.79 Å². The molecule has 0 radical (unpaired) electrons. The number of alkyl halides is 1. The molecule has 5 rings (SSSR count). The molecule has 0 fully saturated rings. The molecule has 0 spiro atoms. The molecule has 8 heteroatoms. The number of benzene rings is 1. The van der Waals surface area contributed by atoms with E-state index in [0.29, 0.717) is 62.9 Å². The molecule has 150 valence electrons. The first-order chi connectivity index (χ1) is 14.6. The number of ether oxygens (including phenoxy) is 2. The minimum Gasteiger partial charge on any atom is -0.454 e. The van der Waals surface area contributed by atoms with Gasteiger partial charge in [-0.15, -0.1) is 11.6 Å². The SMILES string of the molecule is NC1=Cc2c(c3c(=C=O)c4cc5c(cc4c=3n(CCCCl)c2=C=O)OCO5)C(=O)C1. The fourth-order valence-electron chi connectivity index (χ4n) is 4.36. The monoisotopic (exact) mass is 422 g/mol. The van der Waals surface area contributed by atoms with Crippen molar-refractivity contribution in [3.05, 3.63) is 50.1 Å². The molecule has 0 saturated heterocycles. The summed E-state index contributed by atoms with van der Waals surface area (Å²) < 4.78 is 12.7. The van der Waals surface area contributed by atoms with E-state index in [2.05, 4.69) is 0 Å². The predicted molar refractivity (Wildman–Crippen MR) is 109 cm³/mol. The number of hydrogen-bond donors (Lipinski definition) is 1. The van der Waals surface area contributed by atoms with Gasteiger partial charge < -0.3 is 19.8 Å². The number of rotatable bonds is 3. The van der Waals surface area contributed by atoms with Gasteiger partial charge in [0.25, 0.3) is 0 Å². The Labute approximate surface area is 174 Å². The number of allylic oxidation sites excluding steroid dienone is 1. The highest BCUT2D eigenvalue weighted by Crippen LogP contribution is 2.36. The first-order valence-electron chi connectivity index (χ1n) is 9.36. The maximum absolute atomic E-state index is 13.0. The Morgan fingerprint density at radius 2 is 1.87 bits per heavy atom. The van der Waals surface area contributed by atoms with Crippen molar-refractivity contribution in [2.75, 3.05) is 12.7 Å². The van der Waals surface area contributed by atoms with Crippen LogP contribution >= 0.6 is 11.6 Å². The summed E-state index contributed by atoms with van der Waals surface area (Å²) in [5.41, 5.74) is 6.94. The van der Waals surface area contributed by atoms with Gasteiger partial charge in [0.15, 0.2) is 23.2 Å². The van der Waals surface area contributed by atoms with E-state index in [9.17, 15) is 14.4 Å². The summed E-state index contributed by atoms with van der Waals surface area (Å²) in [5, 5.41) is 2.70. The number of carbonyl (C=O) groups excluding carboxylic acids is 3. The third-order valence-electron chi connectivity index (χ3n) is 5.53. The van der Waals surface area contributed by atoms with Crippen molar-refractivity contribution in [2.45, 2.75) is 19.4 Å². The molecule has 0 saturated carbocycles. The summed E-state index contributed by atoms with van der Waals surface area (Å²) in [4.78, 5) is 37.1. The molecule has 2 aliphatic heterocycles. The third-order valence-corrected chi connectivity index (χ3v) is 5.79. The number of halogens is 1. The summed E-state index contributed by atoms with van der Waals surface area (Å²) in [6.07, 6.45) is 2.18. The number of fused-ring (bicyclic) bond motifs is 5. The minimum atomic E-state index is -0.261. The van der Waals surface area contributed by atoms with Gasteiger partial charge in [-0.3, -0.25) is 4.79 Å². The largest absolute Gasteiger partial charge is 0.454 e. The molecule has 0 amide bonds. The average molecular weight is 423 g/mol. The van der Waals surface area contributed by atoms with Crippen molar-refractivity contribution >= 4 is 46.1 Å². The molecule has 0 atom stereocenters. The Balaban J connectivity index is 2.14. The molecule has 4 aliphatic rings. The zero-order chi connectivity index (χ0) is 21.0. The summed E-state index contributed by atoms with van der Waals surface area (Å²) in [6.45, 7) is 0.475. The van der Waals surface area contributed by atoms with Crippen LogP contribution in [0.15, 0.2) is 17.8 Å². The number of nitrogens with two attached hydrogens (primary N) is 1. The van der Waals surface area contributed by atoms with Gasteiger partial charge in [-0.05, 0) is 24.6 Å². The lowest BCUT2D eigenvalue weighted by atomic mass is 9.92. The van der Waals surface area contributed by atoms with Crippen molar-refractivity contribution in [2.24, 2.45) is 5.73 Å². The number of carbonyl (C=O) groups is 1. The van der Waals surface area contributed by atoms with Crippen molar-refractivity contribution < 1.29 is 23.9 Å². The van der Waals surface area contributed by atoms with Crippen molar-refractivity contribution in [3.8, 4) is 11.5 Å². The highest BCUT2D eigenvalue weighted by atomic mass is 35.5. The molecule has 0 bridgehead atoms. The van der Waals surface area contributed by atoms with Gasteiger partial charge >= 0.3 is 0 Å². The van der Waals surface area contributed by atoms with Gasteiger partial charge in [-0.2, -0.15) is 0 Å². The summed E-state index contributed by atoms with van der Waals surface area (Å²) in [5.74, 6) is 5.12. The van der Waals surface area contributed by atoms with Crippen LogP contribution in [0.25, 0.3) is 16.8 Å². The first-order valence-corrected chi connectivity index (χ1v) is 9.89. The van der Waals surface area contributed by atoms with Crippen molar-refractivity contribution in [1.82, 2.24) is 4.57 Å². The molecule has 7 nitrogen and oxygen atoms in total. The van der Waals surface area contributed by atoms with E-state index in [-0.39, 0.29) is 35.1 Å². The minimum absolute atomic E-state index is 0.00857. The van der Waals surface area contributed by atoms with Crippen molar-refractivity contribution in [3.63, 3.8) is 0 Å². The maximum atomic E-state index is 13.0. The van der Waals surface area contributed by atoms with Gasteiger partial charge in [0.05, 0.1) is 17.0 Å². The molecule has 2 heterocycles. The first kappa shape index (κ1) is 18.5. The van der Waals surface area contributed by atoms with Crippen LogP contribution < -0.4 is 25.8 Å². The fourth-order valence-corrected chi connectivity index (χ4v) is 4.48. The third kappa shape index (κ3) is 2.44. The van der Waals surface area contributed by atoms with Crippen LogP contribution in [0.4, 0.5) is 0 Å². The Morgan fingerprint density at radius 1 is 1.13 bits per heavy atom. The fraction of sp³-hybridized carbons (Fsp3) is 0.227. The van der Waals surface area contributed by atoms with Gasteiger partial charge in [0.1, 0.15) is 11.3 Å². The smallest absolute Gasteiger partial charge is 0.231 e. The second-order valence-electron chi connectivity index (χ2n) is 7.20. The molecular formula is C22H15ClN2O5. The standard InChI is InChI=1S/C22H15ClN2O5/c23-2-1-3-25-16(9-27)14-4-11(24)5-17(28)20(14)21-15(8-26)12-6-18-19(30-10-29-18)7-13(12)22(21)25/h4,6-7H,1-3,5,10,24H2. The topological polar surface area (TPSA) is 101 Å². The molecule has 0 aromatic heterocycles. The summed E-state index contributed by atoms with van der Waals surface area (Å²) in [6, 6.07) is 3.47. The maximum Gasteiger partial charge on any atom is 0.231 e. The van der Waals surface area contributed by atoms with E-state index in [4.69, 9.17) is 26.8 Å². The van der Waals surface area contributed by atoms with E-state index in [0.717, 1.165) is 0 Å². The molecule has 1 aromatic rings. The molecule has 1 aromatic carbocycles. The normalized spacial score (nSPS) is 14.6. The highest BCUT2D eigenvalue weighted by molar-refractivity contribution is 6.17. The van der Waals surface area contributed by atoms with E-state index >= 15 is 0 Å². The predicted octanol–water partition coefficient (Wildman–Crippen LogP) is 0.616. The Morgan fingerprint density at radius 3 is 2.53 bits per heavy atom. The molecule has 2 aliphatic carbocycles. The Bertz CT molecular complexity index is 1520. The molecule has 30 heavy (non-hydrogen) atoms. The van der Waals surface area contributed by atoms with Gasteiger partial charge in [-0.1, -0.05) is 0 Å². The number of Topliss-reactive ketones (excluding diaryl/α,β-unsaturated/α-hetero) is 1. The summed E-state index contributed by atoms with van der Waals surface area (Å²) in [7, 11) is 0. The Hall–Kier alpha value is -3.50. The number of ketones is 1. The summed E-state index contributed by atoms with van der Waals surface area (Å²) >= 11 is 5.92. The zero-order valence-electron chi connectivity index (χ0n) is 15.7. The van der Waals surface area contributed by atoms with Crippen LogP contribution in [0.3, 0.4) is 0 Å². The zero-order valence-corrected chi connectivity index (χ0v) is 16.5. The van der Waals surface area contributed by atoms with Crippen LogP contribution in [0.2, 0.25) is 0 Å². The van der Waals surface area contributed by atoms with Gasteiger partial charge in [0, 0.05) is 45.2 Å². The lowest BCUT2D eigenvalue weighted by Gasteiger charge is -2.17. The van der Waals surface area contributed by atoms with Crippen LogP contribution in [0, 0.1) is 10.6 Å². The molecule has 0 unspecified atom stereocenters. The van der Waals surface area contributed by atoms with Crippen LogP contribution in [-0.2, 0) is 16.1 Å². The Kier molecular flexibility index (Phi) is 4.19. The second kappa shape index (κ2) is 6.78. The van der Waals surface area contributed by atoms with E-state index in [1.165, 1.54) is 0 Å². The second-order valence-corrected chi connectivity index (χ2v) is 7.58. The van der Waals surface area contributed by atoms with Gasteiger partial charge in [-0.25, -0.2) is 9.59 Å². The number of hydrogen-bond acceptors (Lipinski definition) is 6. The highest BCUT2D eigenvalue weighted by Gasteiger charge is 2.27. The molecule has 2 N–H and O–H groups in total. The van der Waals surface area contributed by atoms with Crippen LogP contribution in [0.1, 0.15) is 28.8 Å². The number of aromatic nitrogens is 1. The van der Waals surface area contributed by atoms with Crippen molar-refractivity contribution in [1.29, 1.82) is 0 Å². The van der Waals surface area contributed by atoms with E-state index in [1.807, 2.05) is 11.9 Å². The quantitative estimate of drug-likeness (QED) is 0.621. The average Bonchev–Trinajstić information content (AvgIpc) is 3.30. The van der Waals surface area contributed by atoms with E-state index in [1.54, 1.807) is 22.8 Å². The lowest BCUT2D eigenvalue weighted by Crippen LogP contribution is -2.32.